The molecule has 2 rings (SSSR count). The Kier molecular flexibility index (Phi) is 7.21. The van der Waals surface area contributed by atoms with Crippen molar-refractivity contribution >= 4 is 11.7 Å². The highest BCUT2D eigenvalue weighted by Crippen LogP contribution is 2.19. The highest BCUT2D eigenvalue weighted by Gasteiger charge is 2.13. The highest BCUT2D eigenvalue weighted by atomic mass is 16.5. The summed E-state index contributed by atoms with van der Waals surface area (Å²) in [6, 6.07) is 14.7. The third-order valence-electron chi connectivity index (χ3n) is 4.23. The van der Waals surface area contributed by atoms with Gasteiger partial charge in [0.2, 0.25) is 5.91 Å². The van der Waals surface area contributed by atoms with E-state index >= 15 is 0 Å². The highest BCUT2D eigenvalue weighted by molar-refractivity contribution is 5.96. The van der Waals surface area contributed by atoms with E-state index in [0.29, 0.717) is 31.4 Å². The second-order valence-corrected chi connectivity index (χ2v) is 6.07. The fourth-order valence-electron chi connectivity index (χ4n) is 2.69. The van der Waals surface area contributed by atoms with Crippen LogP contribution in [-0.4, -0.2) is 37.9 Å². The minimum atomic E-state index is 0.0124. The van der Waals surface area contributed by atoms with Crippen LogP contribution in [-0.2, 0) is 11.3 Å². The predicted octanol–water partition coefficient (Wildman–Crippen LogP) is 3.72. The van der Waals surface area contributed by atoms with Crippen LogP contribution >= 0.6 is 0 Å². The van der Waals surface area contributed by atoms with Crippen LogP contribution in [0.3, 0.4) is 0 Å². The van der Waals surface area contributed by atoms with Crippen LogP contribution in [0.5, 0.6) is 11.5 Å². The number of ether oxygens (including phenoxy) is 2. The fraction of sp³-hybridized carbons (Fsp3) is 0.333. The Balaban J connectivity index is 1.81. The first-order valence-corrected chi connectivity index (χ1v) is 8.58. The van der Waals surface area contributed by atoms with Crippen molar-refractivity contribution in [3.8, 4) is 11.5 Å². The topological polar surface area (TPSA) is 55.8 Å². The zero-order valence-electron chi connectivity index (χ0n) is 15.5. The molecule has 0 bridgehead atoms. The van der Waals surface area contributed by atoms with Gasteiger partial charge in [0.05, 0.1) is 14.2 Å². The minimum absolute atomic E-state index is 0.0124. The maximum absolute atomic E-state index is 12.3. The first-order valence-electron chi connectivity index (χ1n) is 8.58. The Morgan fingerprint density at radius 3 is 2.27 bits per heavy atom. The molecule has 5 nitrogen and oxygen atoms in total. The standard InChI is InChI=1S/C21H25NO4/c1-22(15-17-7-4-5-9-20(17)26-3)21(24)10-6-8-19(23)16-11-13-18(25-2)14-12-16/h4-5,7,9,11-14H,6,8,10,15H2,1-3H3. The van der Waals surface area contributed by atoms with E-state index in [-0.39, 0.29) is 11.7 Å². The molecule has 0 heterocycles. The summed E-state index contributed by atoms with van der Waals surface area (Å²) in [5.74, 6) is 1.53. The number of para-hydroxylation sites is 1. The van der Waals surface area contributed by atoms with E-state index in [9.17, 15) is 9.59 Å². The van der Waals surface area contributed by atoms with Gasteiger partial charge in [-0.3, -0.25) is 9.59 Å². The smallest absolute Gasteiger partial charge is 0.222 e. The van der Waals surface area contributed by atoms with Crippen molar-refractivity contribution in [2.45, 2.75) is 25.8 Å². The summed E-state index contributed by atoms with van der Waals surface area (Å²) in [4.78, 5) is 26.2. The third-order valence-corrected chi connectivity index (χ3v) is 4.23. The van der Waals surface area contributed by atoms with Crippen molar-refractivity contribution in [3.63, 3.8) is 0 Å². The molecule has 0 unspecified atom stereocenters. The lowest BCUT2D eigenvalue weighted by atomic mass is 10.0. The summed E-state index contributed by atoms with van der Waals surface area (Å²) in [6.07, 6.45) is 1.22. The Hall–Kier alpha value is -2.82. The fourth-order valence-corrected chi connectivity index (χ4v) is 2.69. The molecular weight excluding hydrogens is 330 g/mol. The van der Waals surface area contributed by atoms with E-state index in [0.717, 1.165) is 17.1 Å². The van der Waals surface area contributed by atoms with Crippen molar-refractivity contribution in [1.29, 1.82) is 0 Å². The number of hydrogen-bond acceptors (Lipinski definition) is 4. The van der Waals surface area contributed by atoms with Gasteiger partial charge in [-0.2, -0.15) is 0 Å². The maximum Gasteiger partial charge on any atom is 0.222 e. The number of carbonyl (C=O) groups excluding carboxylic acids is 2. The Morgan fingerprint density at radius 1 is 0.923 bits per heavy atom. The molecule has 2 aromatic rings. The third kappa shape index (κ3) is 5.34. The van der Waals surface area contributed by atoms with Gasteiger partial charge in [-0.15, -0.1) is 0 Å². The molecule has 0 radical (unpaired) electrons. The van der Waals surface area contributed by atoms with Crippen LogP contribution < -0.4 is 9.47 Å². The van der Waals surface area contributed by atoms with Gasteiger partial charge in [-0.1, -0.05) is 18.2 Å². The average molecular weight is 355 g/mol. The minimum Gasteiger partial charge on any atom is -0.497 e. The second kappa shape index (κ2) is 9.61. The molecule has 0 aromatic heterocycles. The number of nitrogens with zero attached hydrogens (tertiary/aromatic N) is 1. The molecule has 0 N–H and O–H groups in total. The largest absolute Gasteiger partial charge is 0.497 e. The monoisotopic (exact) mass is 355 g/mol. The van der Waals surface area contributed by atoms with Gasteiger partial charge in [0.25, 0.3) is 0 Å². The lowest BCUT2D eigenvalue weighted by Gasteiger charge is -2.18. The van der Waals surface area contributed by atoms with E-state index in [1.807, 2.05) is 24.3 Å². The van der Waals surface area contributed by atoms with Crippen molar-refractivity contribution in [3.05, 3.63) is 59.7 Å². The van der Waals surface area contributed by atoms with Crippen LogP contribution in [0.4, 0.5) is 0 Å². The summed E-state index contributed by atoms with van der Waals surface area (Å²) in [7, 11) is 4.97. The van der Waals surface area contributed by atoms with Gasteiger partial charge >= 0.3 is 0 Å². The first-order chi connectivity index (χ1) is 12.5. The number of carbonyl (C=O) groups is 2. The van der Waals surface area contributed by atoms with Crippen LogP contribution in [0.1, 0.15) is 35.2 Å². The van der Waals surface area contributed by atoms with E-state index < -0.39 is 0 Å². The zero-order chi connectivity index (χ0) is 18.9. The number of benzene rings is 2. The number of rotatable bonds is 9. The van der Waals surface area contributed by atoms with Crippen LogP contribution in [0.25, 0.3) is 0 Å². The van der Waals surface area contributed by atoms with E-state index in [4.69, 9.17) is 9.47 Å². The van der Waals surface area contributed by atoms with E-state index in [1.54, 1.807) is 50.4 Å². The Bertz CT molecular complexity index is 740. The van der Waals surface area contributed by atoms with Crippen molar-refractivity contribution < 1.29 is 19.1 Å². The molecule has 0 saturated heterocycles. The number of hydrogen-bond donors (Lipinski definition) is 0. The van der Waals surface area contributed by atoms with Crippen LogP contribution in [0, 0.1) is 0 Å². The van der Waals surface area contributed by atoms with Gasteiger partial charge in [-0.05, 0) is 36.8 Å². The molecule has 0 aliphatic carbocycles. The normalized spacial score (nSPS) is 10.3. The number of Topliss-reactive ketones (excluding diaryl/α,β-unsaturated/α-hetero) is 1. The van der Waals surface area contributed by atoms with Crippen LogP contribution in [0.2, 0.25) is 0 Å². The number of methoxy groups -OCH3 is 2. The zero-order valence-corrected chi connectivity index (χ0v) is 15.5. The van der Waals surface area contributed by atoms with Gasteiger partial charge in [-0.25, -0.2) is 0 Å². The number of amides is 1. The molecule has 138 valence electrons. The Morgan fingerprint density at radius 2 is 1.62 bits per heavy atom. The van der Waals surface area contributed by atoms with E-state index in [1.165, 1.54) is 0 Å². The molecule has 26 heavy (non-hydrogen) atoms. The summed E-state index contributed by atoms with van der Waals surface area (Å²) >= 11 is 0. The quantitative estimate of drug-likeness (QED) is 0.644. The number of ketones is 1. The van der Waals surface area contributed by atoms with Crippen LogP contribution in [0.15, 0.2) is 48.5 Å². The first kappa shape index (κ1) is 19.5. The van der Waals surface area contributed by atoms with Gasteiger partial charge < -0.3 is 14.4 Å². The molecule has 1 amide bonds. The molecule has 0 aliphatic rings. The second-order valence-electron chi connectivity index (χ2n) is 6.07. The summed E-state index contributed by atoms with van der Waals surface area (Å²) in [6.45, 7) is 0.481. The molecule has 5 heteroatoms. The van der Waals surface area contributed by atoms with Crippen molar-refractivity contribution in [1.82, 2.24) is 4.90 Å². The van der Waals surface area contributed by atoms with Gasteiger partial charge in [0, 0.05) is 37.6 Å². The molecule has 0 atom stereocenters. The predicted molar refractivity (Wildman–Crippen MR) is 101 cm³/mol. The molecule has 0 spiro atoms. The molecule has 0 saturated carbocycles. The van der Waals surface area contributed by atoms with Crippen molar-refractivity contribution in [2.24, 2.45) is 0 Å². The van der Waals surface area contributed by atoms with Gasteiger partial charge in [0.1, 0.15) is 11.5 Å². The Labute approximate surface area is 154 Å². The molecular formula is C21H25NO4. The lowest BCUT2D eigenvalue weighted by molar-refractivity contribution is -0.130. The average Bonchev–Trinajstić information content (AvgIpc) is 2.68. The van der Waals surface area contributed by atoms with Crippen molar-refractivity contribution in [2.75, 3.05) is 21.3 Å². The molecule has 2 aromatic carbocycles. The van der Waals surface area contributed by atoms with Gasteiger partial charge in [0.15, 0.2) is 5.78 Å². The summed E-state index contributed by atoms with van der Waals surface area (Å²) in [5, 5.41) is 0. The SMILES string of the molecule is COc1ccc(C(=O)CCCC(=O)N(C)Cc2ccccc2OC)cc1. The molecule has 0 aliphatic heterocycles. The summed E-state index contributed by atoms with van der Waals surface area (Å²) < 4.78 is 10.4. The van der Waals surface area contributed by atoms with E-state index in [2.05, 4.69) is 0 Å². The lowest BCUT2D eigenvalue weighted by Crippen LogP contribution is -2.26. The molecule has 0 fully saturated rings. The summed E-state index contributed by atoms with van der Waals surface area (Å²) in [5.41, 5.74) is 1.60. The maximum atomic E-state index is 12.3.